The van der Waals surface area contributed by atoms with E-state index in [0.717, 1.165) is 24.4 Å². The van der Waals surface area contributed by atoms with Gasteiger partial charge in [0.15, 0.2) is 0 Å². The molecule has 1 aromatic rings. The van der Waals surface area contributed by atoms with Crippen LogP contribution in [-0.2, 0) is 4.79 Å². The number of anilines is 1. The van der Waals surface area contributed by atoms with Gasteiger partial charge in [0.2, 0.25) is 5.91 Å². The van der Waals surface area contributed by atoms with Gasteiger partial charge in [-0.3, -0.25) is 4.79 Å². The Bertz CT molecular complexity index is 436. The molecule has 0 spiro atoms. The first-order valence-electron chi connectivity index (χ1n) is 6.56. The molecule has 5 nitrogen and oxygen atoms in total. The lowest BCUT2D eigenvalue weighted by molar-refractivity contribution is -0.120. The number of amides is 1. The number of nitrogens with one attached hydrogen (secondary N) is 1. The van der Waals surface area contributed by atoms with E-state index in [9.17, 15) is 4.79 Å². The van der Waals surface area contributed by atoms with Crippen molar-refractivity contribution in [3.8, 4) is 5.75 Å². The third kappa shape index (κ3) is 3.24. The lowest BCUT2D eigenvalue weighted by atomic mass is 10.1. The molecule has 5 heteroatoms. The Labute approximate surface area is 113 Å². The number of benzene rings is 1. The van der Waals surface area contributed by atoms with Crippen LogP contribution < -0.4 is 15.0 Å². The first-order chi connectivity index (χ1) is 9.26. The van der Waals surface area contributed by atoms with E-state index in [-0.39, 0.29) is 18.6 Å². The average molecular weight is 264 g/mol. The van der Waals surface area contributed by atoms with Crippen LogP contribution in [0.1, 0.15) is 12.8 Å². The van der Waals surface area contributed by atoms with Crippen molar-refractivity contribution in [2.24, 2.45) is 0 Å². The Morgan fingerprint density at radius 3 is 3.11 bits per heavy atom. The van der Waals surface area contributed by atoms with Crippen molar-refractivity contribution < 1.29 is 14.6 Å². The molecule has 2 N–H and O–H groups in total. The lowest BCUT2D eigenvalue weighted by Gasteiger charge is -2.24. The number of hydrogen-bond acceptors (Lipinski definition) is 4. The maximum atomic E-state index is 12.4. The summed E-state index contributed by atoms with van der Waals surface area (Å²) in [7, 11) is 1.61. The van der Waals surface area contributed by atoms with Crippen LogP contribution >= 0.6 is 0 Å². The van der Waals surface area contributed by atoms with Crippen molar-refractivity contribution in [3.63, 3.8) is 0 Å². The van der Waals surface area contributed by atoms with Crippen LogP contribution in [0.5, 0.6) is 5.75 Å². The van der Waals surface area contributed by atoms with Crippen molar-refractivity contribution in [2.75, 3.05) is 31.7 Å². The van der Waals surface area contributed by atoms with Crippen LogP contribution in [0, 0.1) is 0 Å². The van der Waals surface area contributed by atoms with Gasteiger partial charge in [0.25, 0.3) is 0 Å². The number of rotatable bonds is 4. The SMILES string of the molecule is COc1cccc(N2CCCNC(CCO)C2=O)c1. The van der Waals surface area contributed by atoms with E-state index in [1.54, 1.807) is 12.0 Å². The number of methoxy groups -OCH3 is 1. The fraction of sp³-hybridized carbons (Fsp3) is 0.500. The quantitative estimate of drug-likeness (QED) is 0.843. The summed E-state index contributed by atoms with van der Waals surface area (Å²) in [5.41, 5.74) is 0.844. The summed E-state index contributed by atoms with van der Waals surface area (Å²) >= 11 is 0. The van der Waals surface area contributed by atoms with E-state index in [4.69, 9.17) is 9.84 Å². The van der Waals surface area contributed by atoms with E-state index in [0.29, 0.717) is 13.0 Å². The maximum absolute atomic E-state index is 12.4. The molecule has 1 aromatic carbocycles. The zero-order chi connectivity index (χ0) is 13.7. The third-order valence-electron chi connectivity index (χ3n) is 3.30. The van der Waals surface area contributed by atoms with Gasteiger partial charge < -0.3 is 20.1 Å². The highest BCUT2D eigenvalue weighted by atomic mass is 16.5. The van der Waals surface area contributed by atoms with Gasteiger partial charge in [-0.1, -0.05) is 6.07 Å². The standard InChI is InChI=1S/C14H20N2O3/c1-19-12-5-2-4-11(10-12)16-8-3-7-15-13(6-9-17)14(16)18/h2,4-5,10,13,15,17H,3,6-9H2,1H3. The van der Waals surface area contributed by atoms with Gasteiger partial charge in [-0.15, -0.1) is 0 Å². The second-order valence-corrected chi connectivity index (χ2v) is 4.56. The van der Waals surface area contributed by atoms with Crippen molar-refractivity contribution in [1.29, 1.82) is 0 Å². The fourth-order valence-corrected chi connectivity index (χ4v) is 2.29. The Kier molecular flexibility index (Phi) is 4.76. The Hall–Kier alpha value is -1.59. The van der Waals surface area contributed by atoms with Crippen LogP contribution in [-0.4, -0.2) is 43.9 Å². The lowest BCUT2D eigenvalue weighted by Crippen LogP contribution is -2.44. The monoisotopic (exact) mass is 264 g/mol. The molecule has 0 radical (unpaired) electrons. The number of nitrogens with zero attached hydrogens (tertiary/aromatic N) is 1. The molecular formula is C14H20N2O3. The highest BCUT2D eigenvalue weighted by Crippen LogP contribution is 2.23. The molecule has 1 aliphatic heterocycles. The molecule has 19 heavy (non-hydrogen) atoms. The van der Waals surface area contributed by atoms with Crippen LogP contribution in [0.4, 0.5) is 5.69 Å². The zero-order valence-corrected chi connectivity index (χ0v) is 11.1. The van der Waals surface area contributed by atoms with Gasteiger partial charge in [-0.25, -0.2) is 0 Å². The number of carbonyl (C=O) groups excluding carboxylic acids is 1. The highest BCUT2D eigenvalue weighted by molar-refractivity contribution is 5.97. The van der Waals surface area contributed by atoms with Gasteiger partial charge in [0, 0.05) is 24.9 Å². The minimum absolute atomic E-state index is 0.00928. The van der Waals surface area contributed by atoms with E-state index in [1.165, 1.54) is 0 Å². The molecule has 1 atom stereocenters. The molecule has 0 aromatic heterocycles. The normalized spacial score (nSPS) is 20.2. The maximum Gasteiger partial charge on any atom is 0.244 e. The van der Waals surface area contributed by atoms with E-state index in [2.05, 4.69) is 5.32 Å². The topological polar surface area (TPSA) is 61.8 Å². The smallest absolute Gasteiger partial charge is 0.244 e. The summed E-state index contributed by atoms with van der Waals surface area (Å²) in [5, 5.41) is 12.2. The van der Waals surface area contributed by atoms with E-state index >= 15 is 0 Å². The molecule has 0 bridgehead atoms. The number of aliphatic hydroxyl groups is 1. The molecule has 1 fully saturated rings. The average Bonchev–Trinajstić information content (AvgIpc) is 2.62. The highest BCUT2D eigenvalue weighted by Gasteiger charge is 2.27. The van der Waals surface area contributed by atoms with Crippen LogP contribution in [0.2, 0.25) is 0 Å². The number of carbonyl (C=O) groups is 1. The predicted molar refractivity (Wildman–Crippen MR) is 73.5 cm³/mol. The van der Waals surface area contributed by atoms with Crippen molar-refractivity contribution in [1.82, 2.24) is 5.32 Å². The second-order valence-electron chi connectivity index (χ2n) is 4.56. The van der Waals surface area contributed by atoms with Gasteiger partial charge in [0.1, 0.15) is 5.75 Å². The van der Waals surface area contributed by atoms with Crippen molar-refractivity contribution >= 4 is 11.6 Å². The molecule has 1 amide bonds. The first kappa shape index (κ1) is 13.8. The summed E-state index contributed by atoms with van der Waals surface area (Å²) in [4.78, 5) is 14.2. The molecule has 2 rings (SSSR count). The van der Waals surface area contributed by atoms with Crippen molar-refractivity contribution in [2.45, 2.75) is 18.9 Å². The van der Waals surface area contributed by atoms with Gasteiger partial charge in [-0.2, -0.15) is 0 Å². The predicted octanol–water partition coefficient (Wildman–Crippen LogP) is 0.772. The molecular weight excluding hydrogens is 244 g/mol. The second kappa shape index (κ2) is 6.54. The Morgan fingerprint density at radius 2 is 2.37 bits per heavy atom. The molecule has 1 aliphatic rings. The minimum atomic E-state index is -0.307. The number of aliphatic hydroxyl groups excluding tert-OH is 1. The van der Waals surface area contributed by atoms with E-state index < -0.39 is 0 Å². The summed E-state index contributed by atoms with van der Waals surface area (Å²) in [6.07, 6.45) is 1.34. The summed E-state index contributed by atoms with van der Waals surface area (Å²) < 4.78 is 5.19. The van der Waals surface area contributed by atoms with Crippen molar-refractivity contribution in [3.05, 3.63) is 24.3 Å². The van der Waals surface area contributed by atoms with Crippen LogP contribution in [0.3, 0.4) is 0 Å². The summed E-state index contributed by atoms with van der Waals surface area (Å²) in [5.74, 6) is 0.751. The summed E-state index contributed by atoms with van der Waals surface area (Å²) in [6.45, 7) is 1.48. The van der Waals surface area contributed by atoms with Gasteiger partial charge in [0.05, 0.1) is 13.2 Å². The van der Waals surface area contributed by atoms with Gasteiger partial charge in [-0.05, 0) is 31.5 Å². The number of hydrogen-bond donors (Lipinski definition) is 2. The molecule has 1 heterocycles. The molecule has 1 unspecified atom stereocenters. The third-order valence-corrected chi connectivity index (χ3v) is 3.30. The van der Waals surface area contributed by atoms with Crippen LogP contribution in [0.25, 0.3) is 0 Å². The molecule has 1 saturated heterocycles. The largest absolute Gasteiger partial charge is 0.497 e. The zero-order valence-electron chi connectivity index (χ0n) is 11.1. The first-order valence-corrected chi connectivity index (χ1v) is 6.56. The fourth-order valence-electron chi connectivity index (χ4n) is 2.29. The molecule has 104 valence electrons. The Balaban J connectivity index is 2.22. The Morgan fingerprint density at radius 1 is 1.53 bits per heavy atom. The van der Waals surface area contributed by atoms with Gasteiger partial charge >= 0.3 is 0 Å². The van der Waals surface area contributed by atoms with E-state index in [1.807, 2.05) is 24.3 Å². The van der Waals surface area contributed by atoms with Crippen LogP contribution in [0.15, 0.2) is 24.3 Å². The summed E-state index contributed by atoms with van der Waals surface area (Å²) in [6, 6.07) is 7.19. The number of ether oxygens (including phenoxy) is 1. The minimum Gasteiger partial charge on any atom is -0.497 e. The molecule has 0 aliphatic carbocycles. The molecule has 0 saturated carbocycles.